The number of rotatable bonds is 5. The Morgan fingerprint density at radius 3 is 2.67 bits per heavy atom. The Bertz CT molecular complexity index is 701. The Hall–Kier alpha value is -2.89. The summed E-state index contributed by atoms with van der Waals surface area (Å²) in [6.45, 7) is 0. The van der Waals surface area contributed by atoms with E-state index in [0.717, 1.165) is 5.56 Å². The summed E-state index contributed by atoms with van der Waals surface area (Å²) in [4.78, 5) is 35.9. The van der Waals surface area contributed by atoms with Crippen LogP contribution in [-0.2, 0) is 11.2 Å². The van der Waals surface area contributed by atoms with Gasteiger partial charge in [-0.05, 0) is 30.2 Å². The Labute approximate surface area is 120 Å². The highest BCUT2D eigenvalue weighted by molar-refractivity contribution is 6.04. The van der Waals surface area contributed by atoms with Gasteiger partial charge in [0.2, 0.25) is 5.56 Å². The van der Waals surface area contributed by atoms with Crippen molar-refractivity contribution in [1.82, 2.24) is 4.98 Å². The maximum Gasteiger partial charge on any atom is 0.303 e. The van der Waals surface area contributed by atoms with Gasteiger partial charge >= 0.3 is 5.97 Å². The summed E-state index contributed by atoms with van der Waals surface area (Å²) in [5, 5.41) is 11.4. The van der Waals surface area contributed by atoms with Crippen molar-refractivity contribution < 1.29 is 14.7 Å². The minimum atomic E-state index is -0.863. The standard InChI is InChI=1S/C15H14N2O4/c18-13-6-5-11(9-16-13)15(21)17-12-3-1-2-10(8-12)4-7-14(19)20/h1-3,5-6,8-9H,4,7H2,(H,16,18)(H,17,21)(H,19,20). The van der Waals surface area contributed by atoms with Crippen LogP contribution in [0.4, 0.5) is 5.69 Å². The number of nitrogens with one attached hydrogen (secondary N) is 2. The lowest BCUT2D eigenvalue weighted by molar-refractivity contribution is -0.136. The summed E-state index contributed by atoms with van der Waals surface area (Å²) >= 11 is 0. The summed E-state index contributed by atoms with van der Waals surface area (Å²) in [6, 6.07) is 9.71. The van der Waals surface area contributed by atoms with Gasteiger partial charge in [-0.15, -0.1) is 0 Å². The highest BCUT2D eigenvalue weighted by atomic mass is 16.4. The van der Waals surface area contributed by atoms with Crippen molar-refractivity contribution in [3.05, 3.63) is 64.1 Å². The fraction of sp³-hybridized carbons (Fsp3) is 0.133. The van der Waals surface area contributed by atoms with Crippen LogP contribution in [0.15, 0.2) is 47.4 Å². The van der Waals surface area contributed by atoms with Gasteiger partial charge in [-0.3, -0.25) is 14.4 Å². The molecule has 0 atom stereocenters. The zero-order chi connectivity index (χ0) is 15.2. The number of aliphatic carboxylic acids is 1. The number of hydrogen-bond donors (Lipinski definition) is 3. The molecule has 0 fully saturated rings. The van der Waals surface area contributed by atoms with Crippen molar-refractivity contribution in [3.63, 3.8) is 0 Å². The number of anilines is 1. The number of carbonyl (C=O) groups is 2. The highest BCUT2D eigenvalue weighted by Crippen LogP contribution is 2.13. The first-order chi connectivity index (χ1) is 10.0. The third-order valence-corrected chi connectivity index (χ3v) is 2.86. The number of amides is 1. The number of carboxylic acid groups (broad SMARTS) is 1. The molecule has 0 saturated heterocycles. The minimum Gasteiger partial charge on any atom is -0.481 e. The second kappa shape index (κ2) is 6.51. The number of aromatic amines is 1. The molecule has 0 bridgehead atoms. The third-order valence-electron chi connectivity index (χ3n) is 2.86. The van der Waals surface area contributed by atoms with Crippen LogP contribution in [0.1, 0.15) is 22.3 Å². The van der Waals surface area contributed by atoms with Gasteiger partial charge in [0.1, 0.15) is 0 Å². The molecule has 0 radical (unpaired) electrons. The summed E-state index contributed by atoms with van der Waals surface area (Å²) in [7, 11) is 0. The van der Waals surface area contributed by atoms with E-state index < -0.39 is 5.97 Å². The lowest BCUT2D eigenvalue weighted by Gasteiger charge is -2.07. The maximum atomic E-state index is 12.0. The van der Waals surface area contributed by atoms with Gasteiger partial charge in [-0.25, -0.2) is 0 Å². The van der Waals surface area contributed by atoms with Crippen LogP contribution in [0.5, 0.6) is 0 Å². The quantitative estimate of drug-likeness (QED) is 0.778. The molecule has 0 spiro atoms. The Kier molecular flexibility index (Phi) is 4.50. The van der Waals surface area contributed by atoms with Crippen LogP contribution in [0.2, 0.25) is 0 Å². The Morgan fingerprint density at radius 1 is 1.19 bits per heavy atom. The van der Waals surface area contributed by atoms with Crippen molar-refractivity contribution in [1.29, 1.82) is 0 Å². The van der Waals surface area contributed by atoms with E-state index in [1.165, 1.54) is 18.3 Å². The van der Waals surface area contributed by atoms with E-state index in [1.807, 2.05) is 0 Å². The van der Waals surface area contributed by atoms with Gasteiger partial charge < -0.3 is 15.4 Å². The van der Waals surface area contributed by atoms with Gasteiger partial charge in [-0.1, -0.05) is 12.1 Å². The largest absolute Gasteiger partial charge is 0.481 e. The van der Waals surface area contributed by atoms with Crippen LogP contribution in [0, 0.1) is 0 Å². The average molecular weight is 286 g/mol. The van der Waals surface area contributed by atoms with Gasteiger partial charge in [-0.2, -0.15) is 0 Å². The molecule has 3 N–H and O–H groups in total. The summed E-state index contributed by atoms with van der Waals surface area (Å²) in [6.07, 6.45) is 1.78. The van der Waals surface area contributed by atoms with E-state index in [1.54, 1.807) is 24.3 Å². The number of H-pyrrole nitrogens is 1. The first-order valence-corrected chi connectivity index (χ1v) is 6.35. The van der Waals surface area contributed by atoms with Gasteiger partial charge in [0.15, 0.2) is 0 Å². The zero-order valence-corrected chi connectivity index (χ0v) is 11.1. The number of aryl methyl sites for hydroxylation is 1. The van der Waals surface area contributed by atoms with E-state index in [0.29, 0.717) is 17.7 Å². The zero-order valence-electron chi connectivity index (χ0n) is 11.1. The van der Waals surface area contributed by atoms with Crippen LogP contribution in [0.25, 0.3) is 0 Å². The summed E-state index contributed by atoms with van der Waals surface area (Å²) < 4.78 is 0. The molecule has 1 aromatic carbocycles. The maximum absolute atomic E-state index is 12.0. The predicted octanol–water partition coefficient (Wildman–Crippen LogP) is 1.64. The van der Waals surface area contributed by atoms with Crippen molar-refractivity contribution in [2.75, 3.05) is 5.32 Å². The van der Waals surface area contributed by atoms with Crippen LogP contribution >= 0.6 is 0 Å². The second-order valence-electron chi connectivity index (χ2n) is 4.49. The molecule has 6 heteroatoms. The van der Waals surface area contributed by atoms with Crippen molar-refractivity contribution >= 4 is 17.6 Å². The van der Waals surface area contributed by atoms with E-state index >= 15 is 0 Å². The molecule has 0 aliphatic carbocycles. The first-order valence-electron chi connectivity index (χ1n) is 6.35. The smallest absolute Gasteiger partial charge is 0.303 e. The molecule has 1 aromatic heterocycles. The van der Waals surface area contributed by atoms with Crippen LogP contribution in [-0.4, -0.2) is 22.0 Å². The lowest BCUT2D eigenvalue weighted by Crippen LogP contribution is -2.14. The minimum absolute atomic E-state index is 0.0390. The summed E-state index contributed by atoms with van der Waals surface area (Å²) in [5.41, 5.74) is 1.47. The SMILES string of the molecule is O=C(O)CCc1cccc(NC(=O)c2ccc(=O)[nH]c2)c1. The molecule has 0 aliphatic heterocycles. The molecule has 6 nitrogen and oxygen atoms in total. The average Bonchev–Trinajstić information content (AvgIpc) is 2.46. The fourth-order valence-corrected chi connectivity index (χ4v) is 1.81. The van der Waals surface area contributed by atoms with Gasteiger partial charge in [0, 0.05) is 24.4 Å². The molecule has 21 heavy (non-hydrogen) atoms. The lowest BCUT2D eigenvalue weighted by atomic mass is 10.1. The molecule has 108 valence electrons. The van der Waals surface area contributed by atoms with E-state index in [9.17, 15) is 14.4 Å². The number of aromatic nitrogens is 1. The van der Waals surface area contributed by atoms with Crippen molar-refractivity contribution in [2.45, 2.75) is 12.8 Å². The molecule has 1 amide bonds. The molecule has 0 saturated carbocycles. The molecule has 0 unspecified atom stereocenters. The van der Waals surface area contributed by atoms with Gasteiger partial charge in [0.05, 0.1) is 5.56 Å². The van der Waals surface area contributed by atoms with Crippen molar-refractivity contribution in [3.8, 4) is 0 Å². The normalized spacial score (nSPS) is 10.1. The van der Waals surface area contributed by atoms with E-state index in [2.05, 4.69) is 10.3 Å². The van der Waals surface area contributed by atoms with E-state index in [4.69, 9.17) is 5.11 Å². The highest BCUT2D eigenvalue weighted by Gasteiger charge is 2.07. The van der Waals surface area contributed by atoms with Crippen molar-refractivity contribution in [2.24, 2.45) is 0 Å². The molecular weight excluding hydrogens is 272 g/mol. The number of benzene rings is 1. The monoisotopic (exact) mass is 286 g/mol. The Balaban J connectivity index is 2.06. The second-order valence-corrected chi connectivity index (χ2v) is 4.49. The Morgan fingerprint density at radius 2 is 2.00 bits per heavy atom. The molecule has 2 rings (SSSR count). The number of carboxylic acids is 1. The predicted molar refractivity (Wildman–Crippen MR) is 77.4 cm³/mol. The summed E-state index contributed by atoms with van der Waals surface area (Å²) in [5.74, 6) is -1.21. The first kappa shape index (κ1) is 14.5. The third kappa shape index (κ3) is 4.31. The fourth-order valence-electron chi connectivity index (χ4n) is 1.81. The van der Waals surface area contributed by atoms with Crippen LogP contribution < -0.4 is 10.9 Å². The van der Waals surface area contributed by atoms with Crippen LogP contribution in [0.3, 0.4) is 0 Å². The molecule has 1 heterocycles. The number of pyridine rings is 1. The molecule has 0 aliphatic rings. The van der Waals surface area contributed by atoms with Gasteiger partial charge in [0.25, 0.3) is 5.91 Å². The number of carbonyl (C=O) groups excluding carboxylic acids is 1. The molecule has 2 aromatic rings. The molecular formula is C15H14N2O4. The van der Waals surface area contributed by atoms with E-state index in [-0.39, 0.29) is 17.9 Å². The number of hydrogen-bond acceptors (Lipinski definition) is 3. The topological polar surface area (TPSA) is 99.3 Å².